The van der Waals surface area contributed by atoms with Gasteiger partial charge in [0.1, 0.15) is 0 Å². The summed E-state index contributed by atoms with van der Waals surface area (Å²) in [5.41, 5.74) is 0.928. The molecule has 3 nitrogen and oxygen atoms in total. The fourth-order valence-electron chi connectivity index (χ4n) is 0.971. The maximum absolute atomic E-state index is 10.6. The van der Waals surface area contributed by atoms with Crippen LogP contribution in [-0.4, -0.2) is 11.1 Å². The smallest absolute Gasteiger partial charge is 0.337 e. The number of carboxylic acids is 1. The average molecular weight is 196 g/mol. The van der Waals surface area contributed by atoms with E-state index in [1.165, 1.54) is 12.1 Å². The van der Waals surface area contributed by atoms with Crippen LogP contribution in [0.1, 0.15) is 21.5 Å². The molecule has 0 spiro atoms. The number of rotatable bonds is 1. The molecule has 0 aliphatic rings. The second-order valence-corrected chi connectivity index (χ2v) is 2.89. The van der Waals surface area contributed by atoms with Gasteiger partial charge >= 0.3 is 5.97 Å². The minimum atomic E-state index is -1.09. The Morgan fingerprint density at radius 2 is 2.23 bits per heavy atom. The van der Waals surface area contributed by atoms with Crippen molar-refractivity contribution < 1.29 is 9.90 Å². The summed E-state index contributed by atoms with van der Waals surface area (Å²) in [7, 11) is 0. The standard InChI is InChI=1S/C9H6ClNO2/c1-5-6(4-11)2-3-7(8(5)10)9(12)13/h2-3H,1H3,(H,12,13). The monoisotopic (exact) mass is 195 g/mol. The Morgan fingerprint density at radius 3 is 2.69 bits per heavy atom. The lowest BCUT2D eigenvalue weighted by Gasteiger charge is -2.03. The Morgan fingerprint density at radius 1 is 1.62 bits per heavy atom. The Labute approximate surface area is 80.2 Å². The third-order valence-electron chi connectivity index (χ3n) is 1.74. The SMILES string of the molecule is Cc1c(C#N)ccc(C(=O)O)c1Cl. The summed E-state index contributed by atoms with van der Waals surface area (Å²) in [5.74, 6) is -1.09. The molecule has 0 bridgehead atoms. The molecule has 13 heavy (non-hydrogen) atoms. The van der Waals surface area contributed by atoms with E-state index < -0.39 is 5.97 Å². The van der Waals surface area contributed by atoms with E-state index in [2.05, 4.69) is 0 Å². The van der Waals surface area contributed by atoms with Crippen LogP contribution in [0, 0.1) is 18.3 Å². The lowest BCUT2D eigenvalue weighted by Crippen LogP contribution is -1.99. The Kier molecular flexibility index (Phi) is 2.54. The molecule has 0 radical (unpaired) electrons. The maximum atomic E-state index is 10.6. The van der Waals surface area contributed by atoms with Gasteiger partial charge in [0.15, 0.2) is 0 Å². The van der Waals surface area contributed by atoms with Crippen molar-refractivity contribution in [2.45, 2.75) is 6.92 Å². The molecule has 0 fully saturated rings. The molecule has 1 N–H and O–H groups in total. The fraction of sp³-hybridized carbons (Fsp3) is 0.111. The van der Waals surface area contributed by atoms with Gasteiger partial charge in [0, 0.05) is 0 Å². The molecular formula is C9H6ClNO2. The van der Waals surface area contributed by atoms with Crippen LogP contribution in [0.4, 0.5) is 0 Å². The molecule has 0 atom stereocenters. The van der Waals surface area contributed by atoms with Crippen LogP contribution in [0.15, 0.2) is 12.1 Å². The lowest BCUT2D eigenvalue weighted by atomic mass is 10.1. The van der Waals surface area contributed by atoms with Gasteiger partial charge in [-0.3, -0.25) is 0 Å². The van der Waals surface area contributed by atoms with E-state index >= 15 is 0 Å². The first-order valence-electron chi connectivity index (χ1n) is 3.50. The zero-order valence-electron chi connectivity index (χ0n) is 6.84. The van der Waals surface area contributed by atoms with Crippen molar-refractivity contribution >= 4 is 17.6 Å². The van der Waals surface area contributed by atoms with Gasteiger partial charge in [-0.2, -0.15) is 5.26 Å². The molecule has 1 aromatic rings. The van der Waals surface area contributed by atoms with Crippen molar-refractivity contribution in [3.8, 4) is 6.07 Å². The highest BCUT2D eigenvalue weighted by Crippen LogP contribution is 2.23. The Hall–Kier alpha value is -1.53. The molecular weight excluding hydrogens is 190 g/mol. The van der Waals surface area contributed by atoms with E-state index in [0.717, 1.165) is 0 Å². The third kappa shape index (κ3) is 1.63. The lowest BCUT2D eigenvalue weighted by molar-refractivity contribution is 0.0697. The number of benzene rings is 1. The summed E-state index contributed by atoms with van der Waals surface area (Å²) in [5, 5.41) is 17.4. The molecule has 0 saturated heterocycles. The van der Waals surface area contributed by atoms with Crippen LogP contribution in [0.25, 0.3) is 0 Å². The average Bonchev–Trinajstić information content (AvgIpc) is 2.09. The largest absolute Gasteiger partial charge is 0.478 e. The molecule has 66 valence electrons. The summed E-state index contributed by atoms with van der Waals surface area (Å²) in [4.78, 5) is 10.6. The minimum Gasteiger partial charge on any atom is -0.478 e. The Balaban J connectivity index is 3.42. The number of nitriles is 1. The number of hydrogen-bond acceptors (Lipinski definition) is 2. The van der Waals surface area contributed by atoms with Gasteiger partial charge in [-0.05, 0) is 24.6 Å². The molecule has 1 aromatic carbocycles. The normalized spacial score (nSPS) is 9.31. The molecule has 0 heterocycles. The van der Waals surface area contributed by atoms with Crippen molar-refractivity contribution in [1.29, 1.82) is 5.26 Å². The predicted octanol–water partition coefficient (Wildman–Crippen LogP) is 2.22. The van der Waals surface area contributed by atoms with Crippen molar-refractivity contribution in [3.05, 3.63) is 33.8 Å². The van der Waals surface area contributed by atoms with Crippen LogP contribution >= 0.6 is 11.6 Å². The van der Waals surface area contributed by atoms with Crippen LogP contribution in [0.3, 0.4) is 0 Å². The van der Waals surface area contributed by atoms with Crippen LogP contribution in [0.2, 0.25) is 5.02 Å². The molecule has 0 aliphatic carbocycles. The highest BCUT2D eigenvalue weighted by Gasteiger charge is 2.12. The van der Waals surface area contributed by atoms with E-state index in [1.807, 2.05) is 6.07 Å². The van der Waals surface area contributed by atoms with Gasteiger partial charge in [0.25, 0.3) is 0 Å². The summed E-state index contributed by atoms with van der Waals surface area (Å²) < 4.78 is 0. The first kappa shape index (κ1) is 9.56. The van der Waals surface area contributed by atoms with Crippen molar-refractivity contribution in [1.82, 2.24) is 0 Å². The van der Waals surface area contributed by atoms with E-state index in [0.29, 0.717) is 11.1 Å². The van der Waals surface area contributed by atoms with Gasteiger partial charge in [-0.1, -0.05) is 11.6 Å². The predicted molar refractivity (Wildman–Crippen MR) is 47.9 cm³/mol. The molecule has 0 aromatic heterocycles. The van der Waals surface area contributed by atoms with Crippen molar-refractivity contribution in [2.75, 3.05) is 0 Å². The first-order valence-corrected chi connectivity index (χ1v) is 3.88. The number of nitrogens with zero attached hydrogens (tertiary/aromatic N) is 1. The summed E-state index contributed by atoms with van der Waals surface area (Å²) in [6, 6.07) is 4.70. The highest BCUT2D eigenvalue weighted by molar-refractivity contribution is 6.34. The van der Waals surface area contributed by atoms with E-state index in [9.17, 15) is 4.79 Å². The van der Waals surface area contributed by atoms with E-state index in [1.54, 1.807) is 6.92 Å². The van der Waals surface area contributed by atoms with Crippen molar-refractivity contribution in [3.63, 3.8) is 0 Å². The zero-order chi connectivity index (χ0) is 10.0. The number of carboxylic acid groups (broad SMARTS) is 1. The van der Waals surface area contributed by atoms with E-state index in [-0.39, 0.29) is 10.6 Å². The maximum Gasteiger partial charge on any atom is 0.337 e. The third-order valence-corrected chi connectivity index (χ3v) is 2.22. The van der Waals surface area contributed by atoms with Crippen LogP contribution in [0.5, 0.6) is 0 Å². The Bertz CT molecular complexity index is 407. The van der Waals surface area contributed by atoms with Crippen LogP contribution in [-0.2, 0) is 0 Å². The molecule has 0 amide bonds. The highest BCUT2D eigenvalue weighted by atomic mass is 35.5. The fourth-order valence-corrected chi connectivity index (χ4v) is 1.22. The number of carbonyl (C=O) groups is 1. The molecule has 4 heteroatoms. The molecule has 1 rings (SSSR count). The number of aromatic carboxylic acids is 1. The first-order chi connectivity index (χ1) is 6.07. The second kappa shape index (κ2) is 3.46. The zero-order valence-corrected chi connectivity index (χ0v) is 7.59. The van der Waals surface area contributed by atoms with Gasteiger partial charge in [0.05, 0.1) is 22.2 Å². The van der Waals surface area contributed by atoms with Gasteiger partial charge in [-0.15, -0.1) is 0 Å². The number of hydrogen-bond donors (Lipinski definition) is 1. The summed E-state index contributed by atoms with van der Waals surface area (Å²) in [6.07, 6.45) is 0. The van der Waals surface area contributed by atoms with Gasteiger partial charge in [0.2, 0.25) is 0 Å². The minimum absolute atomic E-state index is 0.0261. The second-order valence-electron chi connectivity index (χ2n) is 2.52. The molecule has 0 saturated carbocycles. The van der Waals surface area contributed by atoms with Gasteiger partial charge < -0.3 is 5.11 Å². The van der Waals surface area contributed by atoms with Crippen LogP contribution < -0.4 is 0 Å². The molecule has 0 unspecified atom stereocenters. The molecule has 0 aliphatic heterocycles. The van der Waals surface area contributed by atoms with Crippen molar-refractivity contribution in [2.24, 2.45) is 0 Å². The van der Waals surface area contributed by atoms with E-state index in [4.69, 9.17) is 22.0 Å². The topological polar surface area (TPSA) is 61.1 Å². The number of halogens is 1. The van der Waals surface area contributed by atoms with Gasteiger partial charge in [-0.25, -0.2) is 4.79 Å². The summed E-state index contributed by atoms with van der Waals surface area (Å²) in [6.45, 7) is 1.62. The summed E-state index contributed by atoms with van der Waals surface area (Å²) >= 11 is 5.74. The quantitative estimate of drug-likeness (QED) is 0.748.